The van der Waals surface area contributed by atoms with Gasteiger partial charge in [0.25, 0.3) is 0 Å². The topological polar surface area (TPSA) is 66.8 Å². The van der Waals surface area contributed by atoms with Crippen molar-refractivity contribution >= 4 is 11.8 Å². The third-order valence-electron chi connectivity index (χ3n) is 4.11. The number of carbonyl (C=O) groups is 2. The number of fused-ring (bicyclic) bond motifs is 1. The normalized spacial score (nSPS) is 29.6. The molecule has 1 saturated carbocycles. The average molecular weight is 255 g/mol. The lowest BCUT2D eigenvalue weighted by atomic mass is 9.81. The zero-order valence-electron chi connectivity index (χ0n) is 10.8. The first-order chi connectivity index (χ1) is 8.70. The molecule has 1 aliphatic heterocycles. The van der Waals surface area contributed by atoms with Gasteiger partial charge in [0.1, 0.15) is 0 Å². The van der Waals surface area contributed by atoms with Crippen LogP contribution in [0, 0.1) is 11.8 Å². The van der Waals surface area contributed by atoms with Crippen LogP contribution in [0.3, 0.4) is 0 Å². The second-order valence-corrected chi connectivity index (χ2v) is 5.16. The van der Waals surface area contributed by atoms with Crippen molar-refractivity contribution in [2.75, 3.05) is 20.3 Å². The SMILES string of the molecule is COCCC(CO)N1C(=O)C2CCCCC2C1=O. The Bertz CT molecular complexity index is 307. The minimum absolute atomic E-state index is 0.0835. The van der Waals surface area contributed by atoms with Gasteiger partial charge in [-0.2, -0.15) is 0 Å². The zero-order valence-corrected chi connectivity index (χ0v) is 10.8. The maximum atomic E-state index is 12.3. The Morgan fingerprint density at radius 2 is 1.83 bits per heavy atom. The molecule has 3 unspecified atom stereocenters. The minimum atomic E-state index is -0.421. The molecule has 5 heteroatoms. The quantitative estimate of drug-likeness (QED) is 0.729. The second kappa shape index (κ2) is 5.80. The van der Waals surface area contributed by atoms with Crippen LogP contribution in [-0.2, 0) is 14.3 Å². The zero-order chi connectivity index (χ0) is 13.1. The van der Waals surface area contributed by atoms with Crippen molar-refractivity contribution in [1.82, 2.24) is 4.90 Å². The molecule has 0 bridgehead atoms. The van der Waals surface area contributed by atoms with Gasteiger partial charge in [-0.15, -0.1) is 0 Å². The van der Waals surface area contributed by atoms with Crippen LogP contribution in [0.25, 0.3) is 0 Å². The van der Waals surface area contributed by atoms with E-state index in [1.807, 2.05) is 0 Å². The highest BCUT2D eigenvalue weighted by molar-refractivity contribution is 6.05. The number of likely N-dealkylation sites (tertiary alicyclic amines) is 1. The summed E-state index contributed by atoms with van der Waals surface area (Å²) < 4.78 is 4.96. The van der Waals surface area contributed by atoms with E-state index in [0.29, 0.717) is 13.0 Å². The molecule has 2 fully saturated rings. The summed E-state index contributed by atoms with van der Waals surface area (Å²) in [7, 11) is 1.57. The minimum Gasteiger partial charge on any atom is -0.394 e. The van der Waals surface area contributed by atoms with Crippen LogP contribution in [0.4, 0.5) is 0 Å². The average Bonchev–Trinajstić information content (AvgIpc) is 2.65. The third-order valence-corrected chi connectivity index (χ3v) is 4.11. The summed E-state index contributed by atoms with van der Waals surface area (Å²) >= 11 is 0. The van der Waals surface area contributed by atoms with E-state index >= 15 is 0 Å². The van der Waals surface area contributed by atoms with Gasteiger partial charge in [0.15, 0.2) is 0 Å². The summed E-state index contributed by atoms with van der Waals surface area (Å²) in [6.45, 7) is 0.262. The number of aliphatic hydroxyl groups is 1. The molecule has 3 atom stereocenters. The van der Waals surface area contributed by atoms with Crippen molar-refractivity contribution in [2.24, 2.45) is 11.8 Å². The summed E-state index contributed by atoms with van der Waals surface area (Å²) in [6, 6.07) is -0.421. The van der Waals surface area contributed by atoms with E-state index in [2.05, 4.69) is 0 Å². The number of nitrogens with zero attached hydrogens (tertiary/aromatic N) is 1. The number of rotatable bonds is 5. The van der Waals surface area contributed by atoms with Crippen molar-refractivity contribution < 1.29 is 19.4 Å². The molecule has 1 aliphatic carbocycles. The van der Waals surface area contributed by atoms with Gasteiger partial charge in [-0.3, -0.25) is 14.5 Å². The van der Waals surface area contributed by atoms with Gasteiger partial charge in [0, 0.05) is 13.7 Å². The number of imide groups is 1. The van der Waals surface area contributed by atoms with Crippen LogP contribution >= 0.6 is 0 Å². The third kappa shape index (κ3) is 2.29. The number of ether oxygens (including phenoxy) is 1. The van der Waals surface area contributed by atoms with E-state index in [0.717, 1.165) is 25.7 Å². The van der Waals surface area contributed by atoms with Crippen molar-refractivity contribution in [2.45, 2.75) is 38.1 Å². The predicted molar refractivity (Wildman–Crippen MR) is 64.7 cm³/mol. The van der Waals surface area contributed by atoms with E-state index in [1.165, 1.54) is 4.90 Å². The molecule has 2 aliphatic rings. The van der Waals surface area contributed by atoms with Crippen LogP contribution < -0.4 is 0 Å². The Hall–Kier alpha value is -0.940. The number of methoxy groups -OCH3 is 1. The highest BCUT2D eigenvalue weighted by Crippen LogP contribution is 2.39. The highest BCUT2D eigenvalue weighted by Gasteiger charge is 2.50. The van der Waals surface area contributed by atoms with Crippen LogP contribution in [0.15, 0.2) is 0 Å². The van der Waals surface area contributed by atoms with Crippen molar-refractivity contribution in [3.05, 3.63) is 0 Å². The van der Waals surface area contributed by atoms with E-state index in [4.69, 9.17) is 4.74 Å². The lowest BCUT2D eigenvalue weighted by Crippen LogP contribution is -2.43. The van der Waals surface area contributed by atoms with Crippen LogP contribution in [0.2, 0.25) is 0 Å². The van der Waals surface area contributed by atoms with Crippen LogP contribution in [0.5, 0.6) is 0 Å². The first-order valence-electron chi connectivity index (χ1n) is 6.67. The maximum absolute atomic E-state index is 12.3. The van der Waals surface area contributed by atoms with Crippen molar-refractivity contribution in [3.63, 3.8) is 0 Å². The largest absolute Gasteiger partial charge is 0.394 e. The Labute approximate surface area is 107 Å². The van der Waals surface area contributed by atoms with Crippen LogP contribution in [0.1, 0.15) is 32.1 Å². The Kier molecular flexibility index (Phi) is 4.35. The number of carbonyl (C=O) groups excluding carboxylic acids is 2. The molecule has 1 N–H and O–H groups in total. The number of amides is 2. The molecule has 0 radical (unpaired) electrons. The maximum Gasteiger partial charge on any atom is 0.233 e. The van der Waals surface area contributed by atoms with Crippen LogP contribution in [-0.4, -0.2) is 48.2 Å². The molecule has 0 aromatic carbocycles. The number of aliphatic hydroxyl groups excluding tert-OH is 1. The van der Waals surface area contributed by atoms with Gasteiger partial charge in [-0.25, -0.2) is 0 Å². The first kappa shape index (κ1) is 13.5. The Balaban J connectivity index is 2.11. The Morgan fingerprint density at radius 1 is 1.28 bits per heavy atom. The van der Waals surface area contributed by atoms with Gasteiger partial charge >= 0.3 is 0 Å². The summed E-state index contributed by atoms with van der Waals surface area (Å²) in [5.74, 6) is -0.439. The summed E-state index contributed by atoms with van der Waals surface area (Å²) in [4.78, 5) is 25.8. The van der Waals surface area contributed by atoms with E-state index in [-0.39, 0.29) is 30.3 Å². The lowest BCUT2D eigenvalue weighted by Gasteiger charge is -2.24. The molecule has 5 nitrogen and oxygen atoms in total. The second-order valence-electron chi connectivity index (χ2n) is 5.16. The molecule has 0 spiro atoms. The smallest absolute Gasteiger partial charge is 0.233 e. The number of hydrogen-bond acceptors (Lipinski definition) is 4. The molecular weight excluding hydrogens is 234 g/mol. The molecule has 102 valence electrons. The predicted octanol–water partition coefficient (Wildman–Crippen LogP) is 0.559. The van der Waals surface area contributed by atoms with E-state index in [9.17, 15) is 14.7 Å². The monoisotopic (exact) mass is 255 g/mol. The van der Waals surface area contributed by atoms with E-state index < -0.39 is 6.04 Å². The van der Waals surface area contributed by atoms with Gasteiger partial charge in [-0.05, 0) is 19.3 Å². The molecule has 0 aromatic heterocycles. The van der Waals surface area contributed by atoms with Gasteiger partial charge in [-0.1, -0.05) is 12.8 Å². The molecule has 1 saturated heterocycles. The molecule has 1 heterocycles. The van der Waals surface area contributed by atoms with Gasteiger partial charge in [0.05, 0.1) is 24.5 Å². The fourth-order valence-corrected chi connectivity index (χ4v) is 3.10. The molecular formula is C13H21NO4. The highest BCUT2D eigenvalue weighted by atomic mass is 16.5. The van der Waals surface area contributed by atoms with Gasteiger partial charge < -0.3 is 9.84 Å². The molecule has 2 amide bonds. The fraction of sp³-hybridized carbons (Fsp3) is 0.846. The van der Waals surface area contributed by atoms with Crippen molar-refractivity contribution in [1.29, 1.82) is 0 Å². The lowest BCUT2D eigenvalue weighted by molar-refractivity contribution is -0.144. The first-order valence-corrected chi connectivity index (χ1v) is 6.67. The van der Waals surface area contributed by atoms with E-state index in [1.54, 1.807) is 7.11 Å². The standard InChI is InChI=1S/C13H21NO4/c1-18-7-6-9(8-15)14-12(16)10-4-2-3-5-11(10)13(14)17/h9-11,15H,2-8H2,1H3. The summed E-state index contributed by atoms with van der Waals surface area (Å²) in [5, 5.41) is 9.38. The molecule has 0 aromatic rings. The molecule has 18 heavy (non-hydrogen) atoms. The fourth-order valence-electron chi connectivity index (χ4n) is 3.10. The summed E-state index contributed by atoms with van der Waals surface area (Å²) in [5.41, 5.74) is 0. The summed E-state index contributed by atoms with van der Waals surface area (Å²) in [6.07, 6.45) is 4.18. The van der Waals surface area contributed by atoms with Crippen molar-refractivity contribution in [3.8, 4) is 0 Å². The molecule has 2 rings (SSSR count). The van der Waals surface area contributed by atoms with Gasteiger partial charge in [0.2, 0.25) is 11.8 Å². The Morgan fingerprint density at radius 3 is 2.28 bits per heavy atom. The number of hydrogen-bond donors (Lipinski definition) is 1.